The van der Waals surface area contributed by atoms with Gasteiger partial charge in [-0.05, 0) is 73.5 Å². The molecule has 0 amide bonds. The molecule has 0 aliphatic carbocycles. The van der Waals surface area contributed by atoms with Crippen molar-refractivity contribution in [1.82, 2.24) is 0 Å². The average Bonchev–Trinajstić information content (AvgIpc) is 3.34. The van der Waals surface area contributed by atoms with E-state index >= 15 is 0 Å². The predicted molar refractivity (Wildman–Crippen MR) is 144 cm³/mol. The van der Waals surface area contributed by atoms with E-state index in [1.165, 1.54) is 34.6 Å². The quantitative estimate of drug-likeness (QED) is 0.282. The summed E-state index contributed by atoms with van der Waals surface area (Å²) < 4.78 is 25.0. The van der Waals surface area contributed by atoms with Crippen LogP contribution in [0.2, 0.25) is 0 Å². The number of methoxy groups -OCH3 is 1. The standard InChI is InChI=1S/C31H31FN2O2/c1-22-4-13-27(14-5-22)33-18-19-34(28-15-6-23(2)7-16-28)31(33)25-10-17-29(30(20-25)35-3)36-21-24-8-11-26(32)12-9-24/h4-17,20,31H,18-19,21H2,1-3H3. The minimum atomic E-state index is -0.256. The van der Waals surface area contributed by atoms with Crippen molar-refractivity contribution < 1.29 is 13.9 Å². The van der Waals surface area contributed by atoms with E-state index in [-0.39, 0.29) is 12.0 Å². The van der Waals surface area contributed by atoms with Crippen molar-refractivity contribution in [2.45, 2.75) is 26.6 Å². The van der Waals surface area contributed by atoms with Gasteiger partial charge in [-0.2, -0.15) is 0 Å². The van der Waals surface area contributed by atoms with Crippen LogP contribution in [0.5, 0.6) is 11.5 Å². The maximum Gasteiger partial charge on any atom is 0.161 e. The highest BCUT2D eigenvalue weighted by atomic mass is 19.1. The van der Waals surface area contributed by atoms with Crippen LogP contribution in [-0.2, 0) is 6.61 Å². The SMILES string of the molecule is COc1cc(C2N(c3ccc(C)cc3)CCN2c2ccc(C)cc2)ccc1OCc1ccc(F)cc1. The number of aryl methyl sites for hydroxylation is 2. The molecule has 0 bridgehead atoms. The Morgan fingerprint density at radius 1 is 0.722 bits per heavy atom. The van der Waals surface area contributed by atoms with Crippen LogP contribution < -0.4 is 19.3 Å². The van der Waals surface area contributed by atoms with E-state index in [1.807, 2.05) is 6.07 Å². The summed E-state index contributed by atoms with van der Waals surface area (Å²) in [5.74, 6) is 1.08. The van der Waals surface area contributed by atoms with Gasteiger partial charge in [0.05, 0.1) is 7.11 Å². The van der Waals surface area contributed by atoms with E-state index in [9.17, 15) is 4.39 Å². The molecule has 1 fully saturated rings. The molecule has 36 heavy (non-hydrogen) atoms. The Morgan fingerprint density at radius 3 is 1.81 bits per heavy atom. The Morgan fingerprint density at radius 2 is 1.28 bits per heavy atom. The van der Waals surface area contributed by atoms with E-state index in [1.54, 1.807) is 19.2 Å². The van der Waals surface area contributed by atoms with Crippen molar-refractivity contribution >= 4 is 11.4 Å². The van der Waals surface area contributed by atoms with Crippen molar-refractivity contribution in [2.75, 3.05) is 30.0 Å². The van der Waals surface area contributed by atoms with Gasteiger partial charge in [-0.3, -0.25) is 0 Å². The summed E-state index contributed by atoms with van der Waals surface area (Å²) in [6, 6.07) is 29.9. The number of benzene rings is 4. The van der Waals surface area contributed by atoms with Gasteiger partial charge in [-0.15, -0.1) is 0 Å². The zero-order chi connectivity index (χ0) is 25.1. The van der Waals surface area contributed by atoms with Gasteiger partial charge in [0, 0.05) is 24.5 Å². The molecular weight excluding hydrogens is 451 g/mol. The Hall–Kier alpha value is -3.99. The van der Waals surface area contributed by atoms with Gasteiger partial charge in [0.25, 0.3) is 0 Å². The lowest BCUT2D eigenvalue weighted by molar-refractivity contribution is 0.284. The van der Waals surface area contributed by atoms with Crippen LogP contribution in [0.4, 0.5) is 15.8 Å². The number of hydrogen-bond donors (Lipinski definition) is 0. The maximum atomic E-state index is 13.2. The minimum Gasteiger partial charge on any atom is -0.493 e. The molecule has 0 N–H and O–H groups in total. The third-order valence-corrected chi connectivity index (χ3v) is 6.70. The van der Waals surface area contributed by atoms with Gasteiger partial charge in [0.1, 0.15) is 18.6 Å². The van der Waals surface area contributed by atoms with Crippen molar-refractivity contribution in [1.29, 1.82) is 0 Å². The second-order valence-corrected chi connectivity index (χ2v) is 9.26. The molecule has 5 heteroatoms. The molecule has 0 unspecified atom stereocenters. The molecular formula is C31H31FN2O2. The first-order valence-electron chi connectivity index (χ1n) is 12.2. The highest BCUT2D eigenvalue weighted by Crippen LogP contribution is 2.40. The molecule has 184 valence electrons. The van der Waals surface area contributed by atoms with Gasteiger partial charge in [-0.1, -0.05) is 53.6 Å². The largest absolute Gasteiger partial charge is 0.493 e. The van der Waals surface area contributed by atoms with Crippen LogP contribution in [0.15, 0.2) is 91.0 Å². The summed E-state index contributed by atoms with van der Waals surface area (Å²) in [6.45, 7) is 6.38. The second-order valence-electron chi connectivity index (χ2n) is 9.26. The van der Waals surface area contributed by atoms with Gasteiger partial charge < -0.3 is 19.3 Å². The zero-order valence-corrected chi connectivity index (χ0v) is 20.9. The Bertz CT molecular complexity index is 1250. The summed E-state index contributed by atoms with van der Waals surface area (Å²) in [7, 11) is 1.66. The summed E-state index contributed by atoms with van der Waals surface area (Å²) in [4.78, 5) is 4.88. The Labute approximate surface area is 212 Å². The highest BCUT2D eigenvalue weighted by Gasteiger charge is 2.34. The molecule has 4 aromatic carbocycles. The summed E-state index contributed by atoms with van der Waals surface area (Å²) in [6.07, 6.45) is 0.00969. The zero-order valence-electron chi connectivity index (χ0n) is 20.9. The molecule has 0 radical (unpaired) electrons. The maximum absolute atomic E-state index is 13.2. The number of nitrogens with zero attached hydrogens (tertiary/aromatic N) is 2. The first-order valence-corrected chi connectivity index (χ1v) is 12.2. The van der Waals surface area contributed by atoms with Gasteiger partial charge in [-0.25, -0.2) is 4.39 Å². The van der Waals surface area contributed by atoms with Crippen LogP contribution in [-0.4, -0.2) is 20.2 Å². The lowest BCUT2D eigenvalue weighted by atomic mass is 10.1. The minimum absolute atomic E-state index is 0.00969. The highest BCUT2D eigenvalue weighted by molar-refractivity contribution is 5.60. The third kappa shape index (κ3) is 5.01. The first-order chi connectivity index (χ1) is 17.5. The number of halogens is 1. The normalized spacial score (nSPS) is 13.8. The Balaban J connectivity index is 1.47. The molecule has 1 heterocycles. The lowest BCUT2D eigenvalue weighted by Crippen LogP contribution is -2.31. The predicted octanol–water partition coefficient (Wildman–Crippen LogP) is 7.06. The summed E-state index contributed by atoms with van der Waals surface area (Å²) in [5.41, 5.74) is 6.89. The van der Waals surface area contributed by atoms with E-state index in [0.717, 1.165) is 24.2 Å². The van der Waals surface area contributed by atoms with E-state index in [0.29, 0.717) is 18.1 Å². The average molecular weight is 483 g/mol. The van der Waals surface area contributed by atoms with E-state index in [2.05, 4.69) is 84.3 Å². The molecule has 0 saturated carbocycles. The number of hydrogen-bond acceptors (Lipinski definition) is 4. The third-order valence-electron chi connectivity index (χ3n) is 6.70. The fraction of sp³-hybridized carbons (Fsp3) is 0.226. The van der Waals surface area contributed by atoms with Crippen molar-refractivity contribution in [2.24, 2.45) is 0 Å². The second kappa shape index (κ2) is 10.3. The van der Waals surface area contributed by atoms with Crippen molar-refractivity contribution in [3.05, 3.63) is 119 Å². The van der Waals surface area contributed by atoms with E-state index in [4.69, 9.17) is 9.47 Å². The van der Waals surface area contributed by atoms with Crippen LogP contribution in [0.1, 0.15) is 28.4 Å². The Kier molecular flexibility index (Phi) is 6.81. The van der Waals surface area contributed by atoms with Crippen LogP contribution in [0, 0.1) is 19.7 Å². The van der Waals surface area contributed by atoms with E-state index < -0.39 is 0 Å². The fourth-order valence-corrected chi connectivity index (χ4v) is 4.71. The topological polar surface area (TPSA) is 24.9 Å². The molecule has 0 atom stereocenters. The molecule has 0 spiro atoms. The number of ether oxygens (including phenoxy) is 2. The molecule has 4 aromatic rings. The molecule has 1 saturated heterocycles. The smallest absolute Gasteiger partial charge is 0.161 e. The molecule has 4 nitrogen and oxygen atoms in total. The van der Waals surface area contributed by atoms with Gasteiger partial charge >= 0.3 is 0 Å². The molecule has 1 aliphatic rings. The summed E-state index contributed by atoms with van der Waals surface area (Å²) >= 11 is 0. The fourth-order valence-electron chi connectivity index (χ4n) is 4.71. The molecule has 1 aliphatic heterocycles. The lowest BCUT2D eigenvalue weighted by Gasteiger charge is -2.33. The van der Waals surface area contributed by atoms with Crippen LogP contribution in [0.3, 0.4) is 0 Å². The van der Waals surface area contributed by atoms with Gasteiger partial charge in [0.2, 0.25) is 0 Å². The monoisotopic (exact) mass is 482 g/mol. The van der Waals surface area contributed by atoms with Crippen molar-refractivity contribution in [3.63, 3.8) is 0 Å². The number of rotatable bonds is 7. The number of anilines is 2. The first kappa shape index (κ1) is 23.7. The van der Waals surface area contributed by atoms with Crippen LogP contribution in [0.25, 0.3) is 0 Å². The summed E-state index contributed by atoms with van der Waals surface area (Å²) in [5, 5.41) is 0. The van der Waals surface area contributed by atoms with Crippen LogP contribution >= 0.6 is 0 Å². The molecule has 0 aromatic heterocycles. The van der Waals surface area contributed by atoms with Crippen molar-refractivity contribution in [3.8, 4) is 11.5 Å². The van der Waals surface area contributed by atoms with Gasteiger partial charge in [0.15, 0.2) is 11.5 Å². The molecule has 5 rings (SSSR count).